The van der Waals surface area contributed by atoms with Gasteiger partial charge >= 0.3 is 0 Å². The largest absolute Gasteiger partial charge is 0.326 e. The van der Waals surface area contributed by atoms with Gasteiger partial charge in [-0.1, -0.05) is 43.5 Å². The van der Waals surface area contributed by atoms with Crippen LogP contribution in [0.3, 0.4) is 0 Å². The fraction of sp³-hybridized carbons (Fsp3) is 0.538. The quantitative estimate of drug-likeness (QED) is 0.866. The number of benzene rings is 1. The number of hydrogen-bond acceptors (Lipinski definition) is 3. The first-order chi connectivity index (χ1) is 9.25. The van der Waals surface area contributed by atoms with Crippen LogP contribution in [0.2, 0.25) is 10.0 Å². The summed E-state index contributed by atoms with van der Waals surface area (Å²) in [5.74, 6) is 0.273. The van der Waals surface area contributed by atoms with Crippen molar-refractivity contribution in [1.29, 1.82) is 0 Å². The Labute approximate surface area is 130 Å². The molecule has 1 atom stereocenters. The summed E-state index contributed by atoms with van der Waals surface area (Å²) >= 11 is 12.1. The first kappa shape index (κ1) is 17.7. The fourth-order valence-electron chi connectivity index (χ4n) is 1.80. The van der Waals surface area contributed by atoms with Crippen molar-refractivity contribution < 1.29 is 8.42 Å². The predicted octanol–water partition coefficient (Wildman–Crippen LogP) is 3.12. The molecular formula is C13H20Cl2N2O2S. The maximum absolute atomic E-state index is 12.5. The van der Waals surface area contributed by atoms with Crippen LogP contribution in [0.5, 0.6) is 0 Å². The molecule has 0 bridgehead atoms. The Morgan fingerprint density at radius 2 is 1.95 bits per heavy atom. The molecule has 7 heteroatoms. The van der Waals surface area contributed by atoms with E-state index in [0.29, 0.717) is 17.1 Å². The van der Waals surface area contributed by atoms with Gasteiger partial charge in [0.15, 0.2) is 0 Å². The normalized spacial score (nSPS) is 13.8. The summed E-state index contributed by atoms with van der Waals surface area (Å²) < 4.78 is 26.4. The number of hydrogen-bond donors (Lipinski definition) is 1. The molecule has 0 saturated heterocycles. The van der Waals surface area contributed by atoms with Crippen molar-refractivity contribution in [2.75, 3.05) is 13.6 Å². The molecule has 114 valence electrons. The highest BCUT2D eigenvalue weighted by Gasteiger charge is 2.26. The molecule has 0 radical (unpaired) electrons. The maximum Gasteiger partial charge on any atom is 0.244 e. The Morgan fingerprint density at radius 1 is 1.35 bits per heavy atom. The van der Waals surface area contributed by atoms with Gasteiger partial charge < -0.3 is 5.73 Å². The molecule has 0 aromatic heterocycles. The molecule has 0 spiro atoms. The molecule has 0 heterocycles. The summed E-state index contributed by atoms with van der Waals surface area (Å²) in [6, 6.07) is 2.94. The van der Waals surface area contributed by atoms with Gasteiger partial charge in [0.25, 0.3) is 0 Å². The summed E-state index contributed by atoms with van der Waals surface area (Å²) in [6.45, 7) is 4.56. The predicted molar refractivity (Wildman–Crippen MR) is 83.6 cm³/mol. The van der Waals surface area contributed by atoms with Crippen LogP contribution in [0.25, 0.3) is 0 Å². The van der Waals surface area contributed by atoms with Crippen LogP contribution in [-0.4, -0.2) is 26.3 Å². The van der Waals surface area contributed by atoms with Crippen LogP contribution in [0, 0.1) is 5.92 Å². The van der Waals surface area contributed by atoms with Gasteiger partial charge in [-0.2, -0.15) is 0 Å². The lowest BCUT2D eigenvalue weighted by Crippen LogP contribution is -2.31. The molecule has 0 aliphatic carbocycles. The zero-order valence-corrected chi connectivity index (χ0v) is 14.2. The van der Waals surface area contributed by atoms with E-state index in [1.54, 1.807) is 7.05 Å². The highest BCUT2D eigenvalue weighted by Crippen LogP contribution is 2.32. The van der Waals surface area contributed by atoms with E-state index >= 15 is 0 Å². The molecule has 0 aliphatic rings. The monoisotopic (exact) mass is 338 g/mol. The number of sulfonamides is 1. The van der Waals surface area contributed by atoms with Crippen molar-refractivity contribution in [3.05, 3.63) is 27.7 Å². The van der Waals surface area contributed by atoms with Gasteiger partial charge in [0.1, 0.15) is 4.90 Å². The third kappa shape index (κ3) is 3.65. The minimum absolute atomic E-state index is 0.0508. The highest BCUT2D eigenvalue weighted by atomic mass is 35.5. The van der Waals surface area contributed by atoms with Crippen LogP contribution in [0.4, 0.5) is 0 Å². The van der Waals surface area contributed by atoms with E-state index in [1.807, 2.05) is 13.8 Å². The average Bonchev–Trinajstić information content (AvgIpc) is 2.38. The molecule has 1 rings (SSSR count). The van der Waals surface area contributed by atoms with Gasteiger partial charge in [-0.05, 0) is 18.1 Å². The summed E-state index contributed by atoms with van der Waals surface area (Å²) in [7, 11) is -2.09. The van der Waals surface area contributed by atoms with Gasteiger partial charge in [0.2, 0.25) is 10.0 Å². The van der Waals surface area contributed by atoms with Gasteiger partial charge in [-0.25, -0.2) is 12.7 Å². The van der Waals surface area contributed by atoms with Crippen molar-refractivity contribution in [3.63, 3.8) is 0 Å². The molecule has 4 nitrogen and oxygen atoms in total. The zero-order valence-electron chi connectivity index (χ0n) is 11.9. The van der Waals surface area contributed by atoms with Crippen molar-refractivity contribution in [3.8, 4) is 0 Å². The third-order valence-corrected chi connectivity index (χ3v) is 6.07. The van der Waals surface area contributed by atoms with Crippen LogP contribution in [0.1, 0.15) is 25.8 Å². The number of nitrogens with zero attached hydrogens (tertiary/aromatic N) is 1. The summed E-state index contributed by atoms with van der Waals surface area (Å²) in [5.41, 5.74) is 6.02. The molecule has 0 aliphatic heterocycles. The van der Waals surface area contributed by atoms with E-state index in [1.165, 1.54) is 16.4 Å². The second-order valence-electron chi connectivity index (χ2n) is 4.84. The van der Waals surface area contributed by atoms with E-state index < -0.39 is 10.0 Å². The van der Waals surface area contributed by atoms with Gasteiger partial charge in [-0.3, -0.25) is 0 Å². The second-order valence-corrected chi connectivity index (χ2v) is 7.64. The summed E-state index contributed by atoms with van der Waals surface area (Å²) in [6.07, 6.45) is 0.905. The summed E-state index contributed by atoms with van der Waals surface area (Å²) in [5, 5.41) is 0.483. The maximum atomic E-state index is 12.5. The molecule has 2 N–H and O–H groups in total. The first-order valence-electron chi connectivity index (χ1n) is 6.38. The molecule has 1 aromatic rings. The fourth-order valence-corrected chi connectivity index (χ4v) is 3.99. The van der Waals surface area contributed by atoms with Crippen molar-refractivity contribution in [2.24, 2.45) is 11.7 Å². The van der Waals surface area contributed by atoms with Crippen molar-refractivity contribution >= 4 is 33.2 Å². The van der Waals surface area contributed by atoms with Crippen molar-refractivity contribution in [1.82, 2.24) is 4.31 Å². The standard InChI is InChI=1S/C13H20Cl2N2O2S/c1-4-9(2)8-17(3)20(18,19)12-6-5-11(14)10(7-16)13(12)15/h5-6,9H,4,7-8,16H2,1-3H3. The lowest BCUT2D eigenvalue weighted by molar-refractivity contribution is 0.393. The van der Waals surface area contributed by atoms with Crippen LogP contribution < -0.4 is 5.73 Å². The van der Waals surface area contributed by atoms with Crippen LogP contribution in [0.15, 0.2) is 17.0 Å². The van der Waals surface area contributed by atoms with Crippen LogP contribution >= 0.6 is 23.2 Å². The van der Waals surface area contributed by atoms with Gasteiger partial charge in [0, 0.05) is 30.7 Å². The Kier molecular flexibility index (Phi) is 6.28. The Balaban J connectivity index is 3.23. The van der Waals surface area contributed by atoms with Crippen molar-refractivity contribution in [2.45, 2.75) is 31.7 Å². The minimum Gasteiger partial charge on any atom is -0.326 e. The molecule has 20 heavy (non-hydrogen) atoms. The molecule has 1 aromatic carbocycles. The lowest BCUT2D eigenvalue weighted by Gasteiger charge is -2.21. The Hall–Kier alpha value is -0.330. The lowest BCUT2D eigenvalue weighted by atomic mass is 10.1. The number of nitrogens with two attached hydrogens (primary N) is 1. The molecule has 0 amide bonds. The van der Waals surface area contributed by atoms with E-state index in [2.05, 4.69) is 0 Å². The van der Waals surface area contributed by atoms with E-state index in [9.17, 15) is 8.42 Å². The average molecular weight is 339 g/mol. The van der Waals surface area contributed by atoms with E-state index in [4.69, 9.17) is 28.9 Å². The molecular weight excluding hydrogens is 319 g/mol. The SMILES string of the molecule is CCC(C)CN(C)S(=O)(=O)c1ccc(Cl)c(CN)c1Cl. The van der Waals surface area contributed by atoms with E-state index in [-0.39, 0.29) is 22.4 Å². The van der Waals surface area contributed by atoms with Crippen LogP contribution in [-0.2, 0) is 16.6 Å². The van der Waals surface area contributed by atoms with Gasteiger partial charge in [-0.15, -0.1) is 0 Å². The Morgan fingerprint density at radius 3 is 2.45 bits per heavy atom. The zero-order chi connectivity index (χ0) is 15.5. The minimum atomic E-state index is -3.64. The van der Waals surface area contributed by atoms with E-state index in [0.717, 1.165) is 6.42 Å². The number of halogens is 2. The van der Waals surface area contributed by atoms with Gasteiger partial charge in [0.05, 0.1) is 5.02 Å². The second kappa shape index (κ2) is 7.09. The molecule has 1 unspecified atom stereocenters. The molecule has 0 fully saturated rings. The highest BCUT2D eigenvalue weighted by molar-refractivity contribution is 7.89. The topological polar surface area (TPSA) is 63.4 Å². The molecule has 0 saturated carbocycles. The third-order valence-electron chi connectivity index (χ3n) is 3.31. The first-order valence-corrected chi connectivity index (χ1v) is 8.58. The Bertz CT molecular complexity index is 576. The number of rotatable bonds is 6. The summed E-state index contributed by atoms with van der Waals surface area (Å²) in [4.78, 5) is 0.0508. The smallest absolute Gasteiger partial charge is 0.244 e.